The topological polar surface area (TPSA) is 36.3 Å². The van der Waals surface area contributed by atoms with Gasteiger partial charge in [0.1, 0.15) is 0 Å². The van der Waals surface area contributed by atoms with E-state index in [1.165, 1.54) is 30.5 Å². The second-order valence-electron chi connectivity index (χ2n) is 5.21. The molecule has 2 fully saturated rings. The van der Waals surface area contributed by atoms with Crippen LogP contribution in [0.4, 0.5) is 5.69 Å². The van der Waals surface area contributed by atoms with Crippen molar-refractivity contribution in [2.45, 2.75) is 38.3 Å². The fraction of sp³-hybridized carbons (Fsp3) is 0.533. The van der Waals surface area contributed by atoms with Crippen molar-refractivity contribution in [3.8, 4) is 6.07 Å². The zero-order chi connectivity index (χ0) is 12.5. The van der Waals surface area contributed by atoms with E-state index in [1.54, 1.807) is 0 Å². The number of ether oxygens (including phenoxy) is 1. The highest BCUT2D eigenvalue weighted by atomic mass is 16.5. The smallest absolute Gasteiger partial charge is 0.0991 e. The minimum atomic E-state index is 0.411. The van der Waals surface area contributed by atoms with Crippen molar-refractivity contribution >= 4 is 5.69 Å². The fourth-order valence-corrected chi connectivity index (χ4v) is 3.27. The highest BCUT2D eigenvalue weighted by Gasteiger charge is 2.36. The molecule has 1 aromatic rings. The number of rotatable bonds is 1. The maximum Gasteiger partial charge on any atom is 0.0991 e. The van der Waals surface area contributed by atoms with Crippen LogP contribution in [-0.4, -0.2) is 25.3 Å². The SMILES string of the molecule is Cc1cc(C#N)ccc1N1CCOC2CCCC21. The summed E-state index contributed by atoms with van der Waals surface area (Å²) in [5.41, 5.74) is 3.21. The van der Waals surface area contributed by atoms with Gasteiger partial charge >= 0.3 is 0 Å². The van der Waals surface area contributed by atoms with Gasteiger partial charge in [0.25, 0.3) is 0 Å². The number of benzene rings is 1. The lowest BCUT2D eigenvalue weighted by Crippen LogP contribution is -2.48. The molecule has 3 heteroatoms. The van der Waals surface area contributed by atoms with Crippen molar-refractivity contribution in [1.82, 2.24) is 0 Å². The van der Waals surface area contributed by atoms with Gasteiger partial charge in [0.2, 0.25) is 0 Å². The van der Waals surface area contributed by atoms with E-state index < -0.39 is 0 Å². The van der Waals surface area contributed by atoms with Crippen LogP contribution in [0.2, 0.25) is 0 Å². The molecule has 1 aliphatic carbocycles. The second-order valence-corrected chi connectivity index (χ2v) is 5.21. The maximum absolute atomic E-state index is 8.93. The molecule has 1 saturated heterocycles. The molecule has 0 aromatic heterocycles. The summed E-state index contributed by atoms with van der Waals surface area (Å²) in [4.78, 5) is 2.48. The van der Waals surface area contributed by atoms with Crippen LogP contribution < -0.4 is 4.90 Å². The Hall–Kier alpha value is -1.53. The Kier molecular flexibility index (Phi) is 2.97. The molecule has 1 aliphatic heterocycles. The zero-order valence-corrected chi connectivity index (χ0v) is 10.7. The lowest BCUT2D eigenvalue weighted by Gasteiger charge is -2.40. The van der Waals surface area contributed by atoms with Gasteiger partial charge in [-0.15, -0.1) is 0 Å². The number of nitrogens with zero attached hydrogens (tertiary/aromatic N) is 2. The Labute approximate surface area is 108 Å². The van der Waals surface area contributed by atoms with E-state index in [0.717, 1.165) is 18.7 Å². The molecule has 2 aliphatic rings. The molecule has 2 atom stereocenters. The lowest BCUT2D eigenvalue weighted by molar-refractivity contribution is 0.0256. The molecule has 0 bridgehead atoms. The highest BCUT2D eigenvalue weighted by molar-refractivity contribution is 5.57. The molecule has 0 radical (unpaired) electrons. The number of hydrogen-bond donors (Lipinski definition) is 0. The Morgan fingerprint density at radius 1 is 1.39 bits per heavy atom. The van der Waals surface area contributed by atoms with Crippen molar-refractivity contribution in [1.29, 1.82) is 5.26 Å². The summed E-state index contributed by atoms with van der Waals surface area (Å²) in [5, 5.41) is 8.93. The first-order valence-corrected chi connectivity index (χ1v) is 6.68. The number of fused-ring (bicyclic) bond motifs is 1. The molecular weight excluding hydrogens is 224 g/mol. The van der Waals surface area contributed by atoms with Crippen molar-refractivity contribution < 1.29 is 4.74 Å². The molecule has 1 heterocycles. The Morgan fingerprint density at radius 2 is 2.28 bits per heavy atom. The van der Waals surface area contributed by atoms with Crippen LogP contribution in [0.25, 0.3) is 0 Å². The lowest BCUT2D eigenvalue weighted by atomic mass is 10.0. The average Bonchev–Trinajstić information content (AvgIpc) is 2.87. The first-order valence-electron chi connectivity index (χ1n) is 6.68. The van der Waals surface area contributed by atoms with E-state index >= 15 is 0 Å². The third-order valence-electron chi connectivity index (χ3n) is 4.12. The molecule has 3 nitrogen and oxygen atoms in total. The molecule has 0 N–H and O–H groups in total. The minimum Gasteiger partial charge on any atom is -0.374 e. The first kappa shape index (κ1) is 11.6. The van der Waals surface area contributed by atoms with Crippen LogP contribution in [0.5, 0.6) is 0 Å². The standard InChI is InChI=1S/C15H18N2O/c1-11-9-12(10-16)5-6-13(11)17-7-8-18-15-4-2-3-14(15)17/h5-6,9,14-15H,2-4,7-8H2,1H3. The Balaban J connectivity index is 1.92. The zero-order valence-electron chi connectivity index (χ0n) is 10.7. The quantitative estimate of drug-likeness (QED) is 0.759. The van der Waals surface area contributed by atoms with Crippen LogP contribution >= 0.6 is 0 Å². The average molecular weight is 242 g/mol. The van der Waals surface area contributed by atoms with Gasteiger partial charge in [-0.1, -0.05) is 0 Å². The van der Waals surface area contributed by atoms with Gasteiger partial charge in [-0.05, 0) is 49.9 Å². The summed E-state index contributed by atoms with van der Waals surface area (Å²) in [7, 11) is 0. The summed E-state index contributed by atoms with van der Waals surface area (Å²) < 4.78 is 5.84. The number of nitriles is 1. The van der Waals surface area contributed by atoms with Gasteiger partial charge in [0.05, 0.1) is 30.4 Å². The van der Waals surface area contributed by atoms with Crippen LogP contribution in [0.3, 0.4) is 0 Å². The monoisotopic (exact) mass is 242 g/mol. The summed E-state index contributed by atoms with van der Waals surface area (Å²) in [6, 6.07) is 8.72. The minimum absolute atomic E-state index is 0.411. The van der Waals surface area contributed by atoms with Gasteiger partial charge in [-0.2, -0.15) is 5.26 Å². The molecule has 2 unspecified atom stereocenters. The van der Waals surface area contributed by atoms with Gasteiger partial charge in [0, 0.05) is 12.2 Å². The second kappa shape index (κ2) is 4.62. The van der Waals surface area contributed by atoms with Crippen molar-refractivity contribution in [2.75, 3.05) is 18.1 Å². The van der Waals surface area contributed by atoms with E-state index in [9.17, 15) is 0 Å². The predicted octanol–water partition coefficient (Wildman–Crippen LogP) is 2.62. The highest BCUT2D eigenvalue weighted by Crippen LogP contribution is 2.34. The van der Waals surface area contributed by atoms with Gasteiger partial charge in [0.15, 0.2) is 0 Å². The normalized spacial score (nSPS) is 26.8. The molecule has 0 amide bonds. The van der Waals surface area contributed by atoms with Crippen LogP contribution in [0.15, 0.2) is 18.2 Å². The summed E-state index contributed by atoms with van der Waals surface area (Å²) in [5.74, 6) is 0. The van der Waals surface area contributed by atoms with Crippen molar-refractivity contribution in [3.63, 3.8) is 0 Å². The van der Waals surface area contributed by atoms with Crippen LogP contribution in [0, 0.1) is 18.3 Å². The van der Waals surface area contributed by atoms with Crippen molar-refractivity contribution in [2.24, 2.45) is 0 Å². The summed E-state index contributed by atoms with van der Waals surface area (Å²) >= 11 is 0. The molecular formula is C15H18N2O. The molecule has 94 valence electrons. The van der Waals surface area contributed by atoms with E-state index in [2.05, 4.69) is 24.0 Å². The first-order chi connectivity index (χ1) is 8.79. The van der Waals surface area contributed by atoms with Gasteiger partial charge in [-0.3, -0.25) is 0 Å². The molecule has 3 rings (SSSR count). The molecule has 18 heavy (non-hydrogen) atoms. The van der Waals surface area contributed by atoms with E-state index in [4.69, 9.17) is 10.00 Å². The Bertz CT molecular complexity index is 492. The van der Waals surface area contributed by atoms with Crippen LogP contribution in [0.1, 0.15) is 30.4 Å². The predicted molar refractivity (Wildman–Crippen MR) is 70.6 cm³/mol. The van der Waals surface area contributed by atoms with E-state index in [1.807, 2.05) is 12.1 Å². The van der Waals surface area contributed by atoms with Gasteiger partial charge < -0.3 is 9.64 Å². The molecule has 0 spiro atoms. The van der Waals surface area contributed by atoms with E-state index in [-0.39, 0.29) is 0 Å². The Morgan fingerprint density at radius 3 is 3.06 bits per heavy atom. The number of morpholine rings is 1. The molecule has 1 aromatic carbocycles. The number of aryl methyl sites for hydroxylation is 1. The fourth-order valence-electron chi connectivity index (χ4n) is 3.27. The number of hydrogen-bond acceptors (Lipinski definition) is 3. The summed E-state index contributed by atoms with van der Waals surface area (Å²) in [6.45, 7) is 3.88. The number of anilines is 1. The van der Waals surface area contributed by atoms with Crippen molar-refractivity contribution in [3.05, 3.63) is 29.3 Å². The molecule has 1 saturated carbocycles. The summed E-state index contributed by atoms with van der Waals surface area (Å²) in [6.07, 6.45) is 4.09. The third kappa shape index (κ3) is 1.87. The van der Waals surface area contributed by atoms with Gasteiger partial charge in [-0.25, -0.2) is 0 Å². The maximum atomic E-state index is 8.93. The van der Waals surface area contributed by atoms with E-state index in [0.29, 0.717) is 12.1 Å². The van der Waals surface area contributed by atoms with Crippen LogP contribution in [-0.2, 0) is 4.74 Å². The third-order valence-corrected chi connectivity index (χ3v) is 4.12. The largest absolute Gasteiger partial charge is 0.374 e.